The molecule has 4 aliphatic rings. The molecular formula is C31H51O12P. The number of carboxylic acid groups (broad SMARTS) is 1. The maximum absolute atomic E-state index is 12.4. The van der Waals surface area contributed by atoms with Crippen LogP contribution in [0.15, 0.2) is 0 Å². The fourth-order valence-corrected chi connectivity index (χ4v) is 10.8. The van der Waals surface area contributed by atoms with E-state index in [4.69, 9.17) is 24.4 Å². The van der Waals surface area contributed by atoms with Crippen molar-refractivity contribution in [2.24, 2.45) is 52.3 Å². The fraction of sp³-hybridized carbons (Fsp3) is 0.903. The van der Waals surface area contributed by atoms with E-state index in [0.717, 1.165) is 25.7 Å². The lowest BCUT2D eigenvalue weighted by atomic mass is 9.43. The van der Waals surface area contributed by atoms with Crippen molar-refractivity contribution in [1.29, 1.82) is 0 Å². The van der Waals surface area contributed by atoms with Gasteiger partial charge < -0.3 is 39.7 Å². The Hall–Kier alpha value is -1.56. The third kappa shape index (κ3) is 7.36. The Morgan fingerprint density at radius 3 is 2.16 bits per heavy atom. The summed E-state index contributed by atoms with van der Waals surface area (Å²) < 4.78 is 21.0. The van der Waals surface area contributed by atoms with Gasteiger partial charge in [0.15, 0.2) is 0 Å². The lowest BCUT2D eigenvalue weighted by Gasteiger charge is -2.63. The van der Waals surface area contributed by atoms with Crippen LogP contribution in [0.4, 0.5) is 0 Å². The predicted octanol–water partition coefficient (Wildman–Crippen LogP) is 3.07. The zero-order valence-corrected chi connectivity index (χ0v) is 26.9. The Bertz CT molecular complexity index is 1110. The van der Waals surface area contributed by atoms with Gasteiger partial charge in [0.2, 0.25) is 6.79 Å². The Labute approximate surface area is 259 Å². The van der Waals surface area contributed by atoms with E-state index in [1.54, 1.807) is 0 Å². The van der Waals surface area contributed by atoms with Crippen molar-refractivity contribution < 1.29 is 58.6 Å². The average molecular weight is 647 g/mol. The molecule has 13 heteroatoms. The van der Waals surface area contributed by atoms with Gasteiger partial charge in [-0.05, 0) is 104 Å². The number of hydrogen-bond donors (Lipinski definition) is 6. The molecule has 12 nitrogen and oxygen atoms in total. The number of rotatable bonds is 12. The summed E-state index contributed by atoms with van der Waals surface area (Å²) in [5.41, 5.74) is -0.380. The first kappa shape index (κ1) is 35.3. The van der Waals surface area contributed by atoms with Crippen LogP contribution in [0, 0.1) is 52.3 Å². The van der Waals surface area contributed by atoms with Crippen molar-refractivity contribution in [1.82, 2.24) is 0 Å². The third-order valence-corrected chi connectivity index (χ3v) is 13.2. The first-order chi connectivity index (χ1) is 20.5. The number of ether oxygens (including phenoxy) is 2. The molecule has 0 spiro atoms. The van der Waals surface area contributed by atoms with Crippen LogP contribution < -0.4 is 0 Å². The number of carboxylic acids is 1. The van der Waals surface area contributed by atoms with Crippen molar-refractivity contribution in [2.45, 2.75) is 110 Å². The zero-order chi connectivity index (χ0) is 32.6. The number of carbonyl (C=O) groups is 3. The van der Waals surface area contributed by atoms with E-state index < -0.39 is 63.0 Å². The molecule has 12 atom stereocenters. The topological polar surface area (TPSA) is 208 Å². The number of esters is 2. The van der Waals surface area contributed by atoms with Crippen molar-refractivity contribution in [3.63, 3.8) is 0 Å². The lowest BCUT2D eigenvalue weighted by molar-refractivity contribution is -0.207. The smallest absolute Gasteiger partial charge is 0.326 e. The standard InChI is InChI=1S/C31H51O12P/c1-17(4-8-26(35)42-16-43-27(36)9-5-18(29(37)38)15-44(39,40)41)21-6-7-22-28-23(14-25(34)31(21,22)3)30(2)11-10-20(32)12-19(30)13-24(28)33/h17-25,28,32-34H,4-16H2,1-3H3,(H,37,38)(H2,39,40,41)/t17-,18?,19+,20-,21?,22?,23?,24-,25+,28?,30+,31-/m1/s1. The van der Waals surface area contributed by atoms with Crippen LogP contribution >= 0.6 is 7.60 Å². The monoisotopic (exact) mass is 646 g/mol. The van der Waals surface area contributed by atoms with Gasteiger partial charge in [-0.3, -0.25) is 18.9 Å². The molecule has 0 heterocycles. The highest BCUT2D eigenvalue weighted by atomic mass is 31.2. The molecule has 44 heavy (non-hydrogen) atoms. The molecule has 5 unspecified atom stereocenters. The molecule has 4 aliphatic carbocycles. The second-order valence-corrected chi connectivity index (χ2v) is 16.3. The van der Waals surface area contributed by atoms with Crippen LogP contribution in [0.1, 0.15) is 91.4 Å². The van der Waals surface area contributed by atoms with Crippen LogP contribution in [0.3, 0.4) is 0 Å². The Kier molecular flexibility index (Phi) is 11.0. The number of carbonyl (C=O) groups excluding carboxylic acids is 2. The Balaban J connectivity index is 1.26. The molecule has 0 aromatic carbocycles. The molecule has 4 rings (SSSR count). The molecule has 0 amide bonds. The summed E-state index contributed by atoms with van der Waals surface area (Å²) in [6, 6.07) is 0. The summed E-state index contributed by atoms with van der Waals surface area (Å²) in [5, 5.41) is 42.5. The minimum atomic E-state index is -4.56. The van der Waals surface area contributed by atoms with Crippen LogP contribution in [0.2, 0.25) is 0 Å². The van der Waals surface area contributed by atoms with Crippen molar-refractivity contribution >= 4 is 25.5 Å². The van der Waals surface area contributed by atoms with Crippen molar-refractivity contribution in [3.8, 4) is 0 Å². The predicted molar refractivity (Wildman–Crippen MR) is 157 cm³/mol. The van der Waals surface area contributed by atoms with Gasteiger partial charge >= 0.3 is 25.5 Å². The van der Waals surface area contributed by atoms with Crippen LogP contribution in [0.25, 0.3) is 0 Å². The summed E-state index contributed by atoms with van der Waals surface area (Å²) >= 11 is 0. The Morgan fingerprint density at radius 1 is 0.909 bits per heavy atom. The normalized spacial score (nSPS) is 39.7. The van der Waals surface area contributed by atoms with E-state index >= 15 is 0 Å². The molecular weight excluding hydrogens is 595 g/mol. The first-order valence-electron chi connectivity index (χ1n) is 16.1. The molecule has 0 bridgehead atoms. The number of aliphatic hydroxyl groups excluding tert-OH is 3. The lowest BCUT2D eigenvalue weighted by Crippen LogP contribution is -2.62. The fourth-order valence-electron chi connectivity index (χ4n) is 9.86. The number of fused-ring (bicyclic) bond motifs is 5. The van der Waals surface area contributed by atoms with Gasteiger partial charge in [0.1, 0.15) is 0 Å². The van der Waals surface area contributed by atoms with Gasteiger partial charge in [0, 0.05) is 12.8 Å². The van der Waals surface area contributed by atoms with E-state index in [9.17, 15) is 34.3 Å². The van der Waals surface area contributed by atoms with Gasteiger partial charge in [-0.25, -0.2) is 0 Å². The summed E-state index contributed by atoms with van der Waals surface area (Å²) in [6.45, 7) is 5.91. The largest absolute Gasteiger partial charge is 0.481 e. The molecule has 0 aromatic rings. The quantitative estimate of drug-likeness (QED) is 0.103. The molecule has 252 valence electrons. The zero-order valence-electron chi connectivity index (χ0n) is 26.0. The van der Waals surface area contributed by atoms with Crippen molar-refractivity contribution in [2.75, 3.05) is 13.0 Å². The van der Waals surface area contributed by atoms with Crippen molar-refractivity contribution in [3.05, 3.63) is 0 Å². The highest BCUT2D eigenvalue weighted by Gasteiger charge is 2.65. The summed E-state index contributed by atoms with van der Waals surface area (Å²) in [6.07, 6.45) is 3.28. The van der Waals surface area contributed by atoms with E-state index in [1.165, 1.54) is 0 Å². The maximum Gasteiger partial charge on any atom is 0.326 e. The average Bonchev–Trinajstić information content (AvgIpc) is 3.29. The van der Waals surface area contributed by atoms with E-state index in [-0.39, 0.29) is 65.3 Å². The first-order valence-corrected chi connectivity index (χ1v) is 17.9. The molecule has 0 saturated heterocycles. The maximum atomic E-state index is 12.4. The molecule has 0 aromatic heterocycles. The van der Waals surface area contributed by atoms with E-state index in [0.29, 0.717) is 25.7 Å². The van der Waals surface area contributed by atoms with Gasteiger partial charge in [0.05, 0.1) is 30.4 Å². The number of aliphatic hydroxyl groups is 3. The second-order valence-electron chi connectivity index (χ2n) is 14.6. The highest BCUT2D eigenvalue weighted by molar-refractivity contribution is 7.51. The van der Waals surface area contributed by atoms with Crippen LogP contribution in [-0.4, -0.2) is 79.4 Å². The van der Waals surface area contributed by atoms with E-state index in [1.807, 2.05) is 0 Å². The SMILES string of the molecule is C[C@H](CCC(=O)OCOC(=O)CCC(CP(=O)(O)O)C(=O)O)C1CCC2C3C(C[C@H](O)[C@@]21C)[C@@]1(C)CC[C@@H](O)C[C@H]1C[C@H]3O. The molecule has 0 aliphatic heterocycles. The summed E-state index contributed by atoms with van der Waals surface area (Å²) in [7, 11) is -4.56. The molecule has 4 saturated carbocycles. The van der Waals surface area contributed by atoms with Gasteiger partial charge in [-0.2, -0.15) is 0 Å². The second kappa shape index (κ2) is 13.7. The van der Waals surface area contributed by atoms with Crippen LogP contribution in [-0.2, 0) is 28.4 Å². The Morgan fingerprint density at radius 2 is 1.55 bits per heavy atom. The minimum Gasteiger partial charge on any atom is -0.481 e. The number of aliphatic carboxylic acids is 1. The summed E-state index contributed by atoms with van der Waals surface area (Å²) in [4.78, 5) is 53.6. The molecule has 4 fully saturated rings. The molecule has 0 radical (unpaired) electrons. The third-order valence-electron chi connectivity index (χ3n) is 12.3. The minimum absolute atomic E-state index is 0.00320. The van der Waals surface area contributed by atoms with Gasteiger partial charge in [0.25, 0.3) is 0 Å². The van der Waals surface area contributed by atoms with Gasteiger partial charge in [-0.15, -0.1) is 0 Å². The van der Waals surface area contributed by atoms with Gasteiger partial charge in [-0.1, -0.05) is 20.8 Å². The summed E-state index contributed by atoms with van der Waals surface area (Å²) in [5.74, 6) is -3.20. The number of hydrogen-bond acceptors (Lipinski definition) is 9. The highest BCUT2D eigenvalue weighted by Crippen LogP contribution is 2.68. The van der Waals surface area contributed by atoms with E-state index in [2.05, 4.69) is 20.8 Å². The molecule has 6 N–H and O–H groups in total. The van der Waals surface area contributed by atoms with Crippen LogP contribution in [0.5, 0.6) is 0 Å².